The van der Waals surface area contributed by atoms with E-state index in [0.29, 0.717) is 19.3 Å². The summed E-state index contributed by atoms with van der Waals surface area (Å²) in [5, 5.41) is 0. The molecule has 0 aromatic carbocycles. The Hall–Kier alpha value is -1.83. The normalized spacial score (nSPS) is 36.1. The molecule has 1 aliphatic heterocycles. The molecule has 2 bridgehead atoms. The molecule has 1 saturated carbocycles. The van der Waals surface area contributed by atoms with E-state index < -0.39 is 17.8 Å². The summed E-state index contributed by atoms with van der Waals surface area (Å²) in [4.78, 5) is 25.9. The van der Waals surface area contributed by atoms with Gasteiger partial charge in [0, 0.05) is 12.5 Å². The van der Waals surface area contributed by atoms with Crippen LogP contribution in [-0.2, 0) is 19.1 Å². The number of nitrogens with zero attached hydrogens (tertiary/aromatic N) is 1. The van der Waals surface area contributed by atoms with Crippen LogP contribution in [0.25, 0.3) is 4.85 Å². The van der Waals surface area contributed by atoms with Crippen molar-refractivity contribution in [3.8, 4) is 0 Å². The van der Waals surface area contributed by atoms with Gasteiger partial charge in [0.05, 0.1) is 12.3 Å². The maximum Gasteiger partial charge on any atom is 0.414 e. The summed E-state index contributed by atoms with van der Waals surface area (Å²) in [6, 6.07) is 0. The highest BCUT2D eigenvalue weighted by Gasteiger charge is 2.60. The first kappa shape index (κ1) is 10.7. The number of carbonyl (C=O) groups is 2. The topological polar surface area (TPSA) is 57.0 Å². The number of ether oxygens (including phenoxy) is 2. The van der Waals surface area contributed by atoms with E-state index in [9.17, 15) is 9.59 Å². The predicted molar refractivity (Wildman–Crippen MR) is 52.8 cm³/mol. The fourth-order valence-electron chi connectivity index (χ4n) is 2.18. The van der Waals surface area contributed by atoms with Crippen molar-refractivity contribution in [3.05, 3.63) is 24.1 Å². The predicted octanol–water partition coefficient (Wildman–Crippen LogP) is 1.06. The minimum atomic E-state index is -1.34. The molecule has 2 aliphatic rings. The van der Waals surface area contributed by atoms with Crippen LogP contribution in [0.2, 0.25) is 0 Å². The monoisotopic (exact) mass is 221 g/mol. The standard InChI is InChI=1S/C11H11NO4/c1-3-9(13)16-11(12-2)5-4-7-6-8(11)15-10(7)14/h3,7-8H,1,4-6H2. The molecule has 2 fully saturated rings. The molecule has 5 heteroatoms. The molecule has 1 heterocycles. The summed E-state index contributed by atoms with van der Waals surface area (Å²) in [7, 11) is 0. The first-order valence-electron chi connectivity index (χ1n) is 5.06. The third-order valence-corrected chi connectivity index (χ3v) is 3.08. The van der Waals surface area contributed by atoms with E-state index in [1.54, 1.807) is 0 Å². The zero-order valence-electron chi connectivity index (χ0n) is 8.64. The second-order valence-electron chi connectivity index (χ2n) is 3.98. The molecule has 0 radical (unpaired) electrons. The van der Waals surface area contributed by atoms with E-state index in [-0.39, 0.29) is 11.9 Å². The van der Waals surface area contributed by atoms with Gasteiger partial charge in [-0.3, -0.25) is 9.64 Å². The van der Waals surface area contributed by atoms with Crippen molar-refractivity contribution in [1.82, 2.24) is 0 Å². The van der Waals surface area contributed by atoms with Gasteiger partial charge in [0.1, 0.15) is 0 Å². The summed E-state index contributed by atoms with van der Waals surface area (Å²) in [6.45, 7) is 10.4. The summed E-state index contributed by atoms with van der Waals surface area (Å²) in [6.07, 6.45) is 1.72. The number of hydrogen-bond acceptors (Lipinski definition) is 4. The molecule has 0 aromatic rings. The number of fused-ring (bicyclic) bond motifs is 2. The van der Waals surface area contributed by atoms with Crippen LogP contribution in [0, 0.1) is 12.5 Å². The van der Waals surface area contributed by atoms with Gasteiger partial charge < -0.3 is 9.47 Å². The van der Waals surface area contributed by atoms with E-state index in [4.69, 9.17) is 16.0 Å². The molecule has 5 nitrogen and oxygen atoms in total. The van der Waals surface area contributed by atoms with Crippen molar-refractivity contribution in [2.24, 2.45) is 5.92 Å². The van der Waals surface area contributed by atoms with Crippen LogP contribution in [0.15, 0.2) is 12.7 Å². The minimum Gasteiger partial charge on any atom is -0.449 e. The molecule has 3 unspecified atom stereocenters. The van der Waals surface area contributed by atoms with Gasteiger partial charge in [0.15, 0.2) is 0 Å². The Labute approximate surface area is 92.8 Å². The van der Waals surface area contributed by atoms with Gasteiger partial charge in [-0.05, 0) is 6.42 Å². The SMILES string of the molecule is [C-]#[N+]C1(OC(=O)C=C)CCC2CC1OC2=O. The van der Waals surface area contributed by atoms with Gasteiger partial charge in [0.25, 0.3) is 0 Å². The van der Waals surface area contributed by atoms with Gasteiger partial charge in [-0.15, -0.1) is 0 Å². The Morgan fingerprint density at radius 1 is 1.75 bits per heavy atom. The van der Waals surface area contributed by atoms with Crippen LogP contribution >= 0.6 is 0 Å². The van der Waals surface area contributed by atoms with Crippen molar-refractivity contribution < 1.29 is 19.1 Å². The summed E-state index contributed by atoms with van der Waals surface area (Å²) in [5.41, 5.74) is -1.34. The van der Waals surface area contributed by atoms with Gasteiger partial charge in [-0.25, -0.2) is 11.4 Å². The van der Waals surface area contributed by atoms with Crippen LogP contribution in [0.5, 0.6) is 0 Å². The molecule has 1 saturated heterocycles. The van der Waals surface area contributed by atoms with Crippen molar-refractivity contribution in [2.75, 3.05) is 0 Å². The zero-order valence-corrected chi connectivity index (χ0v) is 8.64. The van der Waals surface area contributed by atoms with Gasteiger partial charge in [-0.2, -0.15) is 0 Å². The molecule has 1 aliphatic carbocycles. The second-order valence-corrected chi connectivity index (χ2v) is 3.98. The van der Waals surface area contributed by atoms with Crippen molar-refractivity contribution in [3.63, 3.8) is 0 Å². The average Bonchev–Trinajstić information content (AvgIpc) is 2.61. The maximum atomic E-state index is 11.3. The lowest BCUT2D eigenvalue weighted by atomic mass is 9.84. The Kier molecular flexibility index (Phi) is 2.43. The highest BCUT2D eigenvalue weighted by molar-refractivity contribution is 5.82. The van der Waals surface area contributed by atoms with Crippen LogP contribution in [0.3, 0.4) is 0 Å². The molecule has 2 rings (SSSR count). The summed E-state index contributed by atoms with van der Waals surface area (Å²) >= 11 is 0. The quantitative estimate of drug-likeness (QED) is 0.397. The maximum absolute atomic E-state index is 11.3. The van der Waals surface area contributed by atoms with Crippen LogP contribution in [0.1, 0.15) is 19.3 Å². The first-order chi connectivity index (χ1) is 7.61. The summed E-state index contributed by atoms with van der Waals surface area (Å²) in [5.74, 6) is -1.08. The van der Waals surface area contributed by atoms with Gasteiger partial charge in [0.2, 0.25) is 6.10 Å². The van der Waals surface area contributed by atoms with E-state index >= 15 is 0 Å². The molecule has 0 spiro atoms. The Balaban J connectivity index is 2.22. The smallest absolute Gasteiger partial charge is 0.414 e. The lowest BCUT2D eigenvalue weighted by Crippen LogP contribution is -2.45. The lowest BCUT2D eigenvalue weighted by Gasteiger charge is -2.27. The number of hydrogen-bond donors (Lipinski definition) is 0. The van der Waals surface area contributed by atoms with Gasteiger partial charge >= 0.3 is 17.7 Å². The van der Waals surface area contributed by atoms with Gasteiger partial charge in [-0.1, -0.05) is 6.58 Å². The fourth-order valence-corrected chi connectivity index (χ4v) is 2.18. The Morgan fingerprint density at radius 3 is 3.12 bits per heavy atom. The average molecular weight is 221 g/mol. The lowest BCUT2D eigenvalue weighted by molar-refractivity contribution is -0.167. The van der Waals surface area contributed by atoms with E-state index in [1.807, 2.05) is 0 Å². The van der Waals surface area contributed by atoms with Crippen LogP contribution in [0.4, 0.5) is 0 Å². The van der Waals surface area contributed by atoms with Crippen LogP contribution < -0.4 is 0 Å². The zero-order chi connectivity index (χ0) is 11.8. The molecule has 3 atom stereocenters. The third-order valence-electron chi connectivity index (χ3n) is 3.08. The number of carbonyl (C=O) groups excluding carboxylic acids is 2. The molecular formula is C11H11NO4. The van der Waals surface area contributed by atoms with Crippen molar-refractivity contribution in [1.29, 1.82) is 0 Å². The molecular weight excluding hydrogens is 210 g/mol. The Morgan fingerprint density at radius 2 is 2.50 bits per heavy atom. The van der Waals surface area contributed by atoms with Crippen molar-refractivity contribution in [2.45, 2.75) is 31.1 Å². The number of rotatable bonds is 2. The molecule has 84 valence electrons. The highest BCUT2D eigenvalue weighted by atomic mass is 16.6. The van der Waals surface area contributed by atoms with E-state index in [1.165, 1.54) is 0 Å². The van der Waals surface area contributed by atoms with Crippen molar-refractivity contribution >= 4 is 11.9 Å². The van der Waals surface area contributed by atoms with E-state index in [0.717, 1.165) is 6.08 Å². The third kappa shape index (κ3) is 1.47. The highest BCUT2D eigenvalue weighted by Crippen LogP contribution is 2.43. The molecule has 0 N–H and O–H groups in total. The molecule has 0 amide bonds. The Bertz CT molecular complexity index is 397. The molecule has 16 heavy (non-hydrogen) atoms. The van der Waals surface area contributed by atoms with E-state index in [2.05, 4.69) is 11.4 Å². The second kappa shape index (κ2) is 3.63. The largest absolute Gasteiger partial charge is 0.449 e. The number of esters is 2. The minimum absolute atomic E-state index is 0.137. The summed E-state index contributed by atoms with van der Waals surface area (Å²) < 4.78 is 10.1. The molecule has 0 aromatic heterocycles. The fraction of sp³-hybridized carbons (Fsp3) is 0.545. The van der Waals surface area contributed by atoms with Crippen LogP contribution in [-0.4, -0.2) is 23.8 Å². The first-order valence-corrected chi connectivity index (χ1v) is 5.06.